The molecule has 2 aromatic heterocycles. The third kappa shape index (κ3) is 4.75. The molecule has 7 nitrogen and oxygen atoms in total. The number of aryl methyl sites for hydroxylation is 1. The molecule has 27 heavy (non-hydrogen) atoms. The Hall–Kier alpha value is -1.77. The van der Waals surface area contributed by atoms with Crippen LogP contribution in [0.4, 0.5) is 5.82 Å². The van der Waals surface area contributed by atoms with E-state index < -0.39 is 0 Å². The van der Waals surface area contributed by atoms with E-state index in [0.717, 1.165) is 34.0 Å². The molecule has 2 aromatic rings. The van der Waals surface area contributed by atoms with E-state index in [1.165, 1.54) is 48.6 Å². The Morgan fingerprint density at radius 3 is 2.74 bits per heavy atom. The second kappa shape index (κ2) is 9.43. The van der Waals surface area contributed by atoms with Gasteiger partial charge in [0.05, 0.1) is 31.7 Å². The molecule has 0 unspecified atom stereocenters. The lowest BCUT2D eigenvalue weighted by Gasteiger charge is -2.22. The number of quaternary nitrogens is 1. The van der Waals surface area contributed by atoms with Gasteiger partial charge in [-0.2, -0.15) is 0 Å². The first kappa shape index (κ1) is 20.0. The zero-order valence-corrected chi connectivity index (χ0v) is 17.2. The van der Waals surface area contributed by atoms with Crippen LogP contribution in [0.5, 0.6) is 0 Å². The zero-order chi connectivity index (χ0) is 19.2. The third-order valence-corrected chi connectivity index (χ3v) is 6.03. The van der Waals surface area contributed by atoms with Crippen molar-refractivity contribution in [2.45, 2.75) is 39.7 Å². The van der Waals surface area contributed by atoms with Crippen LogP contribution in [-0.4, -0.2) is 55.9 Å². The molecule has 1 aliphatic rings. The van der Waals surface area contributed by atoms with E-state index in [9.17, 15) is 4.79 Å². The van der Waals surface area contributed by atoms with E-state index in [4.69, 9.17) is 19.4 Å². The van der Waals surface area contributed by atoms with Gasteiger partial charge in [-0.25, -0.2) is 14.8 Å². The average molecular weight is 394 g/mol. The molecule has 3 rings (SSSR count). The van der Waals surface area contributed by atoms with E-state index in [1.807, 2.05) is 13.8 Å². The highest BCUT2D eigenvalue weighted by molar-refractivity contribution is 7.20. The Bertz CT molecular complexity index is 787. The molecule has 1 saturated heterocycles. The predicted octanol–water partition coefficient (Wildman–Crippen LogP) is 1.80. The maximum atomic E-state index is 12.3. The van der Waals surface area contributed by atoms with Crippen LogP contribution < -0.4 is 10.2 Å². The number of carbonyl (C=O) groups excluding carboxylic acids is 1. The first-order chi connectivity index (χ1) is 13.1. The van der Waals surface area contributed by atoms with Crippen LogP contribution in [0.2, 0.25) is 0 Å². The highest BCUT2D eigenvalue weighted by atomic mass is 32.1. The molecule has 2 N–H and O–H groups in total. The van der Waals surface area contributed by atoms with Crippen molar-refractivity contribution >= 4 is 33.3 Å². The van der Waals surface area contributed by atoms with E-state index in [1.54, 1.807) is 7.11 Å². The fourth-order valence-electron chi connectivity index (χ4n) is 3.51. The molecule has 1 aliphatic heterocycles. The number of hydrogen-bond acceptors (Lipinski definition) is 7. The van der Waals surface area contributed by atoms with Crippen molar-refractivity contribution < 1.29 is 19.2 Å². The molecule has 8 heteroatoms. The summed E-state index contributed by atoms with van der Waals surface area (Å²) in [5.41, 5.74) is 0.880. The van der Waals surface area contributed by atoms with Crippen molar-refractivity contribution in [1.29, 1.82) is 0 Å². The number of methoxy groups -OCH3 is 1. The molecule has 0 saturated carbocycles. The van der Waals surface area contributed by atoms with Crippen molar-refractivity contribution in [1.82, 2.24) is 9.97 Å². The summed E-state index contributed by atoms with van der Waals surface area (Å²) in [6.07, 6.45) is 3.85. The Balaban J connectivity index is 1.95. The standard InChI is InChI=1S/C19H28N4O3S/c1-4-26-19(24)16-13(2)15-17(20-8-11-25-3)21-14(22-18(15)27-16)12-23-9-6-5-7-10-23/h4-12H2,1-3H3,(H,20,21,22)/p+1. The number of anilines is 1. The molecule has 0 spiro atoms. The Labute approximate surface area is 164 Å². The van der Waals surface area contributed by atoms with E-state index in [0.29, 0.717) is 24.6 Å². The lowest BCUT2D eigenvalue weighted by atomic mass is 10.1. The van der Waals surface area contributed by atoms with Gasteiger partial charge in [0.1, 0.15) is 22.1 Å². The number of hydrogen-bond donors (Lipinski definition) is 2. The van der Waals surface area contributed by atoms with Gasteiger partial charge in [-0.05, 0) is 38.7 Å². The van der Waals surface area contributed by atoms with Crippen LogP contribution in [0.3, 0.4) is 0 Å². The van der Waals surface area contributed by atoms with Gasteiger partial charge in [-0.3, -0.25) is 0 Å². The van der Waals surface area contributed by atoms with Gasteiger partial charge in [0, 0.05) is 13.7 Å². The summed E-state index contributed by atoms with van der Waals surface area (Å²) in [7, 11) is 1.68. The second-order valence-electron chi connectivity index (χ2n) is 6.85. The number of nitrogens with zero attached hydrogens (tertiary/aromatic N) is 2. The minimum atomic E-state index is -0.288. The summed E-state index contributed by atoms with van der Waals surface area (Å²) in [4.78, 5) is 24.9. The van der Waals surface area contributed by atoms with Gasteiger partial charge in [0.15, 0.2) is 5.82 Å². The maximum absolute atomic E-state index is 12.3. The van der Waals surface area contributed by atoms with Crippen LogP contribution in [0.15, 0.2) is 0 Å². The number of aromatic nitrogens is 2. The van der Waals surface area contributed by atoms with Gasteiger partial charge < -0.3 is 19.7 Å². The quantitative estimate of drug-likeness (QED) is 0.526. The SMILES string of the molecule is CCOC(=O)c1sc2nc(C[NH+]3CCCCC3)nc(NCCOC)c2c1C. The molecular weight excluding hydrogens is 364 g/mol. The monoisotopic (exact) mass is 393 g/mol. The van der Waals surface area contributed by atoms with Gasteiger partial charge in [-0.15, -0.1) is 11.3 Å². The molecule has 0 bridgehead atoms. The van der Waals surface area contributed by atoms with Crippen molar-refractivity contribution in [3.63, 3.8) is 0 Å². The molecular formula is C19H29N4O3S+. The fraction of sp³-hybridized carbons (Fsp3) is 0.632. The van der Waals surface area contributed by atoms with Crippen molar-refractivity contribution in [3.8, 4) is 0 Å². The summed E-state index contributed by atoms with van der Waals surface area (Å²) < 4.78 is 10.4. The number of fused-ring (bicyclic) bond motifs is 1. The molecule has 0 aromatic carbocycles. The summed E-state index contributed by atoms with van der Waals surface area (Å²) in [5, 5.41) is 4.27. The largest absolute Gasteiger partial charge is 0.462 e. The lowest BCUT2D eigenvalue weighted by Crippen LogP contribution is -3.11. The second-order valence-corrected chi connectivity index (χ2v) is 7.85. The molecule has 1 fully saturated rings. The van der Waals surface area contributed by atoms with Gasteiger partial charge in [0.2, 0.25) is 0 Å². The number of piperidine rings is 1. The maximum Gasteiger partial charge on any atom is 0.348 e. The molecule has 0 aliphatic carbocycles. The Morgan fingerprint density at radius 1 is 1.26 bits per heavy atom. The molecule has 0 amide bonds. The molecule has 0 atom stereocenters. The first-order valence-corrected chi connectivity index (χ1v) is 10.5. The number of ether oxygens (including phenoxy) is 2. The summed E-state index contributed by atoms with van der Waals surface area (Å²) in [5.74, 6) is 1.33. The number of likely N-dealkylation sites (tertiary alicyclic amines) is 1. The first-order valence-electron chi connectivity index (χ1n) is 9.67. The van der Waals surface area contributed by atoms with E-state index in [-0.39, 0.29) is 5.97 Å². The Morgan fingerprint density at radius 2 is 2.04 bits per heavy atom. The van der Waals surface area contributed by atoms with Crippen LogP contribution in [-0.2, 0) is 16.0 Å². The number of carbonyl (C=O) groups is 1. The van der Waals surface area contributed by atoms with Crippen molar-refractivity contribution in [2.75, 3.05) is 45.3 Å². The van der Waals surface area contributed by atoms with E-state index >= 15 is 0 Å². The van der Waals surface area contributed by atoms with Crippen LogP contribution in [0.25, 0.3) is 10.2 Å². The molecule has 0 radical (unpaired) electrons. The zero-order valence-electron chi connectivity index (χ0n) is 16.4. The van der Waals surface area contributed by atoms with Crippen LogP contribution in [0.1, 0.15) is 47.2 Å². The topological polar surface area (TPSA) is 77.8 Å². The number of thiophene rings is 1. The van der Waals surface area contributed by atoms with E-state index in [2.05, 4.69) is 5.32 Å². The van der Waals surface area contributed by atoms with Gasteiger partial charge in [-0.1, -0.05) is 0 Å². The minimum Gasteiger partial charge on any atom is -0.462 e. The summed E-state index contributed by atoms with van der Waals surface area (Å²) in [6, 6.07) is 0. The number of esters is 1. The summed E-state index contributed by atoms with van der Waals surface area (Å²) >= 11 is 1.40. The number of rotatable bonds is 8. The van der Waals surface area contributed by atoms with Crippen molar-refractivity contribution in [2.24, 2.45) is 0 Å². The van der Waals surface area contributed by atoms with Gasteiger partial charge >= 0.3 is 5.97 Å². The smallest absolute Gasteiger partial charge is 0.348 e. The van der Waals surface area contributed by atoms with Crippen LogP contribution in [0, 0.1) is 6.92 Å². The number of nitrogens with one attached hydrogen (secondary N) is 2. The van der Waals surface area contributed by atoms with Crippen LogP contribution >= 0.6 is 11.3 Å². The minimum absolute atomic E-state index is 0.288. The van der Waals surface area contributed by atoms with Crippen molar-refractivity contribution in [3.05, 3.63) is 16.3 Å². The highest BCUT2D eigenvalue weighted by Gasteiger charge is 2.23. The average Bonchev–Trinajstić information content (AvgIpc) is 3.00. The summed E-state index contributed by atoms with van der Waals surface area (Å²) in [6.45, 7) is 8.52. The third-order valence-electron chi connectivity index (χ3n) is 4.86. The Kier molecular flexibility index (Phi) is 6.98. The normalized spacial score (nSPS) is 15.2. The molecule has 148 valence electrons. The predicted molar refractivity (Wildman–Crippen MR) is 107 cm³/mol. The lowest BCUT2D eigenvalue weighted by molar-refractivity contribution is -0.919. The molecule has 3 heterocycles. The highest BCUT2D eigenvalue weighted by Crippen LogP contribution is 2.34. The fourth-order valence-corrected chi connectivity index (χ4v) is 4.60. The van der Waals surface area contributed by atoms with Gasteiger partial charge in [0.25, 0.3) is 0 Å².